The van der Waals surface area contributed by atoms with Gasteiger partial charge in [-0.3, -0.25) is 0 Å². The highest BCUT2D eigenvalue weighted by Crippen LogP contribution is 2.17. The van der Waals surface area contributed by atoms with Gasteiger partial charge in [0.15, 0.2) is 0 Å². The van der Waals surface area contributed by atoms with Crippen LogP contribution in [0, 0.1) is 0 Å². The van der Waals surface area contributed by atoms with Gasteiger partial charge in [0.2, 0.25) is 0 Å². The summed E-state index contributed by atoms with van der Waals surface area (Å²) in [4.78, 5) is 2.24. The molecule has 66 valence electrons. The van der Waals surface area contributed by atoms with Crippen LogP contribution in [0.4, 0.5) is 0 Å². The van der Waals surface area contributed by atoms with Gasteiger partial charge < -0.3 is 4.90 Å². The molecule has 0 N–H and O–H groups in total. The Hall–Kier alpha value is -0.980. The van der Waals surface area contributed by atoms with Crippen molar-refractivity contribution in [3.8, 4) is 0 Å². The van der Waals surface area contributed by atoms with E-state index in [0.29, 0.717) is 6.04 Å². The van der Waals surface area contributed by atoms with Crippen LogP contribution in [0.25, 0.3) is 0 Å². The first-order valence-electron chi connectivity index (χ1n) is 4.36. The summed E-state index contributed by atoms with van der Waals surface area (Å²) < 4.78 is 0. The molecule has 0 saturated heterocycles. The summed E-state index contributed by atoms with van der Waals surface area (Å²) in [5.74, 6) is 0. The molecule has 0 amide bonds. The van der Waals surface area contributed by atoms with E-state index in [1.54, 1.807) is 0 Å². The Morgan fingerprint density at radius 3 is 2.75 bits per heavy atom. The quantitative estimate of drug-likeness (QED) is 0.537. The minimum Gasteiger partial charge on any atom is -0.370 e. The monoisotopic (exact) mass is 163 g/mol. The van der Waals surface area contributed by atoms with Gasteiger partial charge in [0.25, 0.3) is 0 Å². The second kappa shape index (κ2) is 3.61. The topological polar surface area (TPSA) is 3.24 Å². The fourth-order valence-electron chi connectivity index (χ4n) is 1.47. The van der Waals surface area contributed by atoms with E-state index in [-0.39, 0.29) is 0 Å². The average molecular weight is 163 g/mol. The predicted octanol–water partition coefficient (Wildman–Crippen LogP) is 2.73. The summed E-state index contributed by atoms with van der Waals surface area (Å²) in [7, 11) is 2.12. The Balaban J connectivity index is 2.79. The Morgan fingerprint density at radius 1 is 1.58 bits per heavy atom. The van der Waals surface area contributed by atoms with Gasteiger partial charge in [0.05, 0.1) is 6.04 Å². The van der Waals surface area contributed by atoms with Gasteiger partial charge in [-0.2, -0.15) is 0 Å². The van der Waals surface area contributed by atoms with Crippen LogP contribution in [0.3, 0.4) is 0 Å². The van der Waals surface area contributed by atoms with Crippen LogP contribution in [-0.4, -0.2) is 18.0 Å². The highest BCUT2D eigenvalue weighted by molar-refractivity contribution is 5.28. The molecular weight excluding hydrogens is 146 g/mol. The van der Waals surface area contributed by atoms with Gasteiger partial charge in [0, 0.05) is 13.2 Å². The molecule has 0 bridgehead atoms. The number of nitrogens with zero attached hydrogens (tertiary/aromatic N) is 1. The fraction of sp³-hybridized carbons (Fsp3) is 0.455. The second-order valence-corrected chi connectivity index (χ2v) is 3.38. The smallest absolute Gasteiger partial charge is 0.0678 e. The van der Waals surface area contributed by atoms with Crippen molar-refractivity contribution in [2.75, 3.05) is 7.05 Å². The Kier molecular flexibility index (Phi) is 2.74. The molecule has 0 aromatic rings. The van der Waals surface area contributed by atoms with E-state index in [9.17, 15) is 0 Å². The molecule has 1 rings (SSSR count). The molecule has 0 aromatic heterocycles. The van der Waals surface area contributed by atoms with Gasteiger partial charge in [-0.05, 0) is 26.3 Å². The normalized spacial score (nSPS) is 24.3. The van der Waals surface area contributed by atoms with E-state index < -0.39 is 0 Å². The Labute approximate surface area is 75.1 Å². The molecule has 0 aliphatic carbocycles. The zero-order valence-corrected chi connectivity index (χ0v) is 8.33. The van der Waals surface area contributed by atoms with Gasteiger partial charge in [-0.15, -0.1) is 0 Å². The predicted molar refractivity (Wildman–Crippen MR) is 53.9 cm³/mol. The largest absolute Gasteiger partial charge is 0.370 e. The zero-order chi connectivity index (χ0) is 9.14. The second-order valence-electron chi connectivity index (χ2n) is 3.38. The molecular formula is C11H17N. The highest BCUT2D eigenvalue weighted by Gasteiger charge is 2.12. The van der Waals surface area contributed by atoms with Crippen molar-refractivity contribution in [1.82, 2.24) is 4.90 Å². The SMILES string of the molecule is C/C=C(\C)C1C=CC(C)=CN1C. The standard InChI is InChI=1S/C11H17N/c1-5-10(3)11-7-6-9(2)8-12(11)4/h5-8,11H,1-4H3/b10-5+. The maximum absolute atomic E-state index is 2.24. The van der Waals surface area contributed by atoms with Crippen molar-refractivity contribution < 1.29 is 0 Å². The lowest BCUT2D eigenvalue weighted by atomic mass is 10.0. The van der Waals surface area contributed by atoms with Gasteiger partial charge >= 0.3 is 0 Å². The third-order valence-corrected chi connectivity index (χ3v) is 2.31. The van der Waals surface area contributed by atoms with Gasteiger partial charge in [-0.1, -0.05) is 23.8 Å². The molecule has 1 nitrogen and oxygen atoms in total. The van der Waals surface area contributed by atoms with E-state index in [1.807, 2.05) is 0 Å². The Bertz CT molecular complexity index is 246. The maximum Gasteiger partial charge on any atom is 0.0678 e. The molecule has 0 radical (unpaired) electrons. The molecule has 1 aliphatic heterocycles. The van der Waals surface area contributed by atoms with Crippen LogP contribution in [0.2, 0.25) is 0 Å². The summed E-state index contributed by atoms with van der Waals surface area (Å²) in [5, 5.41) is 0. The first kappa shape index (κ1) is 9.11. The van der Waals surface area contributed by atoms with Crippen LogP contribution >= 0.6 is 0 Å². The first-order valence-corrected chi connectivity index (χ1v) is 4.36. The van der Waals surface area contributed by atoms with Crippen LogP contribution in [-0.2, 0) is 0 Å². The molecule has 0 spiro atoms. The van der Waals surface area contributed by atoms with Crippen molar-refractivity contribution in [2.45, 2.75) is 26.8 Å². The van der Waals surface area contributed by atoms with E-state index in [0.717, 1.165) is 0 Å². The lowest BCUT2D eigenvalue weighted by Gasteiger charge is -2.28. The van der Waals surface area contributed by atoms with Crippen molar-refractivity contribution in [2.24, 2.45) is 0 Å². The van der Waals surface area contributed by atoms with Crippen LogP contribution < -0.4 is 0 Å². The molecule has 1 heterocycles. The van der Waals surface area contributed by atoms with Crippen molar-refractivity contribution in [3.63, 3.8) is 0 Å². The number of likely N-dealkylation sites (N-methyl/N-ethyl adjacent to an activating group) is 1. The van der Waals surface area contributed by atoms with E-state index in [2.05, 4.69) is 57.1 Å². The molecule has 1 heteroatoms. The molecule has 1 unspecified atom stereocenters. The fourth-order valence-corrected chi connectivity index (χ4v) is 1.47. The molecule has 0 aromatic carbocycles. The Morgan fingerprint density at radius 2 is 2.25 bits per heavy atom. The molecule has 1 atom stereocenters. The molecule has 12 heavy (non-hydrogen) atoms. The van der Waals surface area contributed by atoms with Gasteiger partial charge in [-0.25, -0.2) is 0 Å². The number of hydrogen-bond acceptors (Lipinski definition) is 1. The summed E-state index contributed by atoms with van der Waals surface area (Å²) >= 11 is 0. The van der Waals surface area contributed by atoms with Crippen LogP contribution in [0.15, 0.2) is 35.6 Å². The van der Waals surface area contributed by atoms with Crippen LogP contribution in [0.1, 0.15) is 20.8 Å². The first-order chi connectivity index (χ1) is 5.65. The summed E-state index contributed by atoms with van der Waals surface area (Å²) in [6.07, 6.45) is 8.76. The summed E-state index contributed by atoms with van der Waals surface area (Å²) in [5.41, 5.74) is 2.72. The van der Waals surface area contributed by atoms with Gasteiger partial charge in [0.1, 0.15) is 0 Å². The van der Waals surface area contributed by atoms with Crippen LogP contribution in [0.5, 0.6) is 0 Å². The highest BCUT2D eigenvalue weighted by atomic mass is 15.1. The van der Waals surface area contributed by atoms with E-state index in [4.69, 9.17) is 0 Å². The minimum absolute atomic E-state index is 0.457. The maximum atomic E-state index is 2.24. The molecule has 0 fully saturated rings. The third kappa shape index (κ3) is 1.79. The summed E-state index contributed by atoms with van der Waals surface area (Å²) in [6.45, 7) is 6.37. The minimum atomic E-state index is 0.457. The van der Waals surface area contributed by atoms with E-state index >= 15 is 0 Å². The average Bonchev–Trinajstić information content (AvgIpc) is 2.03. The molecule has 1 aliphatic rings. The van der Waals surface area contributed by atoms with Crippen molar-refractivity contribution in [3.05, 3.63) is 35.6 Å². The lowest BCUT2D eigenvalue weighted by Crippen LogP contribution is -2.28. The lowest BCUT2D eigenvalue weighted by molar-refractivity contribution is 0.415. The van der Waals surface area contributed by atoms with Crippen molar-refractivity contribution >= 4 is 0 Å². The number of rotatable bonds is 1. The number of allylic oxidation sites excluding steroid dienone is 3. The molecule has 0 saturated carbocycles. The summed E-state index contributed by atoms with van der Waals surface area (Å²) in [6, 6.07) is 0.457. The third-order valence-electron chi connectivity index (χ3n) is 2.31. The zero-order valence-electron chi connectivity index (χ0n) is 8.33. The van der Waals surface area contributed by atoms with E-state index in [1.165, 1.54) is 11.1 Å². The number of hydrogen-bond donors (Lipinski definition) is 0. The van der Waals surface area contributed by atoms with Crippen molar-refractivity contribution in [1.29, 1.82) is 0 Å².